The molecular formula is C20H17Cl2F4N8O3P. The van der Waals surface area contributed by atoms with E-state index in [1.54, 1.807) is 0 Å². The van der Waals surface area contributed by atoms with Gasteiger partial charge in [0.05, 0.1) is 24.9 Å². The van der Waals surface area contributed by atoms with Crippen LogP contribution in [-0.2, 0) is 26.7 Å². The van der Waals surface area contributed by atoms with Gasteiger partial charge in [0.1, 0.15) is 23.7 Å². The van der Waals surface area contributed by atoms with Gasteiger partial charge in [0, 0.05) is 25.2 Å². The highest BCUT2D eigenvalue weighted by Gasteiger charge is 2.19. The molecule has 0 aliphatic heterocycles. The van der Waals surface area contributed by atoms with Crippen LogP contribution in [0.2, 0.25) is 10.3 Å². The number of nitrogens with zero attached hydrogens (tertiary/aromatic N) is 8. The zero-order chi connectivity index (χ0) is 27.2. The van der Waals surface area contributed by atoms with Crippen LogP contribution >= 0.6 is 31.5 Å². The molecule has 0 saturated carbocycles. The van der Waals surface area contributed by atoms with Gasteiger partial charge in [0.2, 0.25) is 0 Å². The summed E-state index contributed by atoms with van der Waals surface area (Å²) in [5.41, 5.74) is 1.36. The van der Waals surface area contributed by atoms with E-state index in [1.165, 1.54) is 34.4 Å². The van der Waals surface area contributed by atoms with E-state index in [4.69, 9.17) is 32.2 Å². The first kappa shape index (κ1) is 28.0. The first-order valence-electron chi connectivity index (χ1n) is 10.8. The van der Waals surface area contributed by atoms with E-state index >= 15 is 0 Å². The molecular weight excluding hydrogens is 578 g/mol. The third-order valence-electron chi connectivity index (χ3n) is 5.14. The van der Waals surface area contributed by atoms with E-state index in [0.717, 1.165) is 0 Å². The summed E-state index contributed by atoms with van der Waals surface area (Å²) in [5.74, 6) is 0. The van der Waals surface area contributed by atoms with Crippen LogP contribution in [0.25, 0.3) is 22.3 Å². The Morgan fingerprint density at radius 2 is 1.21 bits per heavy atom. The SMILES string of the molecule is O=[PH](OC(C=C(F)F)CCn1cnc2c(Cl)ncnc21)OC(C=C(F)F)CCn1cnc2c(Cl)ncnc21. The van der Waals surface area contributed by atoms with Crippen molar-refractivity contribution < 1.29 is 31.2 Å². The minimum atomic E-state index is -3.50. The van der Waals surface area contributed by atoms with Crippen LogP contribution in [0.4, 0.5) is 17.6 Å². The van der Waals surface area contributed by atoms with E-state index < -0.39 is 32.6 Å². The number of halogens is 6. The first-order valence-corrected chi connectivity index (χ1v) is 12.7. The standard InChI is InChI=1S/C20H17Cl2F4N8O3P/c21-17-15-19(29-7-27-17)33(9-31-15)3-1-11(5-13(23)24)36-38(35)37-12(6-14(25)26)2-4-34-10-32-16-18(22)28-8-30-20(16)34/h5-12,38H,1-4H2. The van der Waals surface area contributed by atoms with Gasteiger partial charge in [-0.25, -0.2) is 29.9 Å². The van der Waals surface area contributed by atoms with Crippen LogP contribution in [0.1, 0.15) is 12.8 Å². The summed E-state index contributed by atoms with van der Waals surface area (Å²) in [6.45, 7) is 0.155. The summed E-state index contributed by atoms with van der Waals surface area (Å²) >= 11 is 11.9. The molecule has 4 rings (SSSR count). The first-order chi connectivity index (χ1) is 18.2. The fourth-order valence-electron chi connectivity index (χ4n) is 3.47. The van der Waals surface area contributed by atoms with Crippen molar-refractivity contribution in [1.82, 2.24) is 39.0 Å². The number of hydrogen-bond acceptors (Lipinski definition) is 9. The number of hydrogen-bond donors (Lipinski definition) is 0. The zero-order valence-electron chi connectivity index (χ0n) is 19.0. The predicted molar refractivity (Wildman–Crippen MR) is 129 cm³/mol. The Kier molecular flexibility index (Phi) is 9.39. The lowest BCUT2D eigenvalue weighted by Crippen LogP contribution is -2.14. The summed E-state index contributed by atoms with van der Waals surface area (Å²) in [7, 11) is -3.50. The van der Waals surface area contributed by atoms with Crippen LogP contribution in [0.15, 0.2) is 49.6 Å². The highest BCUT2D eigenvalue weighted by atomic mass is 35.5. The Labute approximate surface area is 222 Å². The second-order valence-electron chi connectivity index (χ2n) is 7.60. The quantitative estimate of drug-likeness (QED) is 0.119. The van der Waals surface area contributed by atoms with Crippen molar-refractivity contribution >= 4 is 53.8 Å². The van der Waals surface area contributed by atoms with Gasteiger partial charge < -0.3 is 18.2 Å². The molecule has 0 spiro atoms. The van der Waals surface area contributed by atoms with Crippen molar-refractivity contribution in [2.75, 3.05) is 0 Å². The lowest BCUT2D eigenvalue weighted by Gasteiger charge is -2.18. The maximum Gasteiger partial charge on any atom is 0.320 e. The maximum atomic E-state index is 13.0. The Morgan fingerprint density at radius 1 is 0.789 bits per heavy atom. The summed E-state index contributed by atoms with van der Waals surface area (Å²) in [6.07, 6.45) is -0.951. The van der Waals surface area contributed by atoms with Gasteiger partial charge in [0.25, 0.3) is 12.2 Å². The van der Waals surface area contributed by atoms with Crippen molar-refractivity contribution in [2.24, 2.45) is 0 Å². The number of aromatic nitrogens is 8. The molecule has 0 amide bonds. The van der Waals surface area contributed by atoms with Crippen LogP contribution in [-0.4, -0.2) is 51.2 Å². The van der Waals surface area contributed by atoms with Crippen LogP contribution < -0.4 is 0 Å². The number of fused-ring (bicyclic) bond motifs is 2. The molecule has 202 valence electrons. The highest BCUT2D eigenvalue weighted by molar-refractivity contribution is 7.33. The fourth-order valence-corrected chi connectivity index (χ4v) is 4.75. The fraction of sp³-hybridized carbons (Fsp3) is 0.300. The molecule has 0 saturated heterocycles. The van der Waals surface area contributed by atoms with Gasteiger partial charge in [-0.1, -0.05) is 23.2 Å². The molecule has 11 nitrogen and oxygen atoms in total. The molecule has 0 fully saturated rings. The molecule has 4 heterocycles. The Bertz CT molecular complexity index is 1400. The summed E-state index contributed by atoms with van der Waals surface area (Å²) in [5, 5.41) is 0.237. The van der Waals surface area contributed by atoms with E-state index in [9.17, 15) is 22.1 Å². The largest absolute Gasteiger partial charge is 0.320 e. The minimum absolute atomic E-state index is 0.0774. The molecule has 0 N–H and O–H groups in total. The molecule has 18 heteroatoms. The normalized spacial score (nSPS) is 13.9. The predicted octanol–water partition coefficient (Wildman–Crippen LogP) is 5.47. The third-order valence-corrected chi connectivity index (χ3v) is 6.68. The Morgan fingerprint density at radius 3 is 1.61 bits per heavy atom. The summed E-state index contributed by atoms with van der Waals surface area (Å²) in [4.78, 5) is 23.9. The average Bonchev–Trinajstić information content (AvgIpc) is 3.46. The van der Waals surface area contributed by atoms with Gasteiger partial charge in [-0.15, -0.1) is 0 Å². The van der Waals surface area contributed by atoms with E-state index in [1.807, 2.05) is 0 Å². The maximum absolute atomic E-state index is 13.0. The topological polar surface area (TPSA) is 123 Å². The lowest BCUT2D eigenvalue weighted by atomic mass is 10.2. The molecule has 4 aromatic rings. The molecule has 4 aromatic heterocycles. The van der Waals surface area contributed by atoms with E-state index in [-0.39, 0.29) is 36.2 Å². The highest BCUT2D eigenvalue weighted by Crippen LogP contribution is 2.33. The molecule has 0 aliphatic carbocycles. The van der Waals surface area contributed by atoms with Gasteiger partial charge in [-0.05, 0) is 12.8 Å². The van der Waals surface area contributed by atoms with E-state index in [0.29, 0.717) is 34.5 Å². The van der Waals surface area contributed by atoms with Gasteiger partial charge in [0.15, 0.2) is 21.6 Å². The van der Waals surface area contributed by atoms with Crippen molar-refractivity contribution in [1.29, 1.82) is 0 Å². The Hall–Kier alpha value is -2.97. The smallest absolute Gasteiger partial charge is 0.315 e. The molecule has 2 atom stereocenters. The van der Waals surface area contributed by atoms with Crippen LogP contribution in [0.3, 0.4) is 0 Å². The number of imidazole rings is 2. The molecule has 0 radical (unpaired) electrons. The zero-order valence-corrected chi connectivity index (χ0v) is 21.5. The van der Waals surface area contributed by atoms with Gasteiger partial charge in [-0.3, -0.25) is 4.57 Å². The van der Waals surface area contributed by atoms with Crippen LogP contribution in [0.5, 0.6) is 0 Å². The second-order valence-corrected chi connectivity index (χ2v) is 9.29. The molecule has 0 aliphatic rings. The molecule has 38 heavy (non-hydrogen) atoms. The number of aryl methyl sites for hydroxylation is 2. The monoisotopic (exact) mass is 594 g/mol. The van der Waals surface area contributed by atoms with Crippen molar-refractivity contribution in [3.63, 3.8) is 0 Å². The third kappa shape index (κ3) is 7.11. The van der Waals surface area contributed by atoms with Gasteiger partial charge >= 0.3 is 8.25 Å². The van der Waals surface area contributed by atoms with Gasteiger partial charge in [-0.2, -0.15) is 17.6 Å². The summed E-state index contributed by atoms with van der Waals surface area (Å²) in [6, 6.07) is 0. The molecule has 0 bridgehead atoms. The summed E-state index contributed by atoms with van der Waals surface area (Å²) < 4.78 is 78.1. The Balaban J connectivity index is 1.40. The van der Waals surface area contributed by atoms with Crippen LogP contribution in [0, 0.1) is 0 Å². The lowest BCUT2D eigenvalue weighted by molar-refractivity contribution is 0.150. The average molecular weight is 595 g/mol. The van der Waals surface area contributed by atoms with Crippen molar-refractivity contribution in [3.8, 4) is 0 Å². The molecule has 0 aromatic carbocycles. The minimum Gasteiger partial charge on any atom is -0.315 e. The second kappa shape index (κ2) is 12.7. The van der Waals surface area contributed by atoms with Crippen molar-refractivity contribution in [3.05, 3.63) is 59.9 Å². The van der Waals surface area contributed by atoms with Crippen molar-refractivity contribution in [2.45, 2.75) is 38.1 Å². The number of rotatable bonds is 12. The van der Waals surface area contributed by atoms with E-state index in [2.05, 4.69) is 29.9 Å². The molecule has 2 unspecified atom stereocenters.